The molecule has 3 rings (SSSR count). The summed E-state index contributed by atoms with van der Waals surface area (Å²) in [5, 5.41) is 1.21. The lowest BCUT2D eigenvalue weighted by molar-refractivity contribution is -0.121. The molecule has 0 N–H and O–H groups in total. The number of carbonyl (C=O) groups is 1. The van der Waals surface area contributed by atoms with Crippen molar-refractivity contribution in [1.29, 1.82) is 0 Å². The van der Waals surface area contributed by atoms with E-state index in [0.29, 0.717) is 20.9 Å². The van der Waals surface area contributed by atoms with E-state index in [1.807, 2.05) is 30.3 Å². The average Bonchev–Trinajstić information content (AvgIpc) is 2.79. The lowest BCUT2D eigenvalue weighted by Gasteiger charge is -2.06. The Bertz CT molecular complexity index is 774. The predicted octanol–water partition coefficient (Wildman–Crippen LogP) is 3.97. The molecule has 110 valence electrons. The van der Waals surface area contributed by atoms with Crippen LogP contribution in [-0.4, -0.2) is 28.0 Å². The van der Waals surface area contributed by atoms with Crippen molar-refractivity contribution in [1.82, 2.24) is 9.88 Å². The smallest absolute Gasteiger partial charge is 0.266 e. The normalized spacial score (nSPS) is 18.5. The molecular weight excluding hydrogens is 318 g/mol. The van der Waals surface area contributed by atoms with Gasteiger partial charge < -0.3 is 0 Å². The molecule has 4 nitrogen and oxygen atoms in total. The molecule has 1 aromatic heterocycles. The van der Waals surface area contributed by atoms with Crippen LogP contribution in [-0.2, 0) is 4.79 Å². The SMILES string of the molecule is CN1C(=O)/C(=C/c2ccccc2Cl)S/C1=N/c1ccccn1. The van der Waals surface area contributed by atoms with E-state index in [2.05, 4.69) is 9.98 Å². The third-order valence-electron chi connectivity index (χ3n) is 3.05. The topological polar surface area (TPSA) is 45.6 Å². The second-order valence-electron chi connectivity index (χ2n) is 4.58. The van der Waals surface area contributed by atoms with Gasteiger partial charge in [0.05, 0.1) is 4.91 Å². The van der Waals surface area contributed by atoms with Gasteiger partial charge in [0.2, 0.25) is 0 Å². The van der Waals surface area contributed by atoms with E-state index in [1.54, 1.807) is 31.5 Å². The first kappa shape index (κ1) is 14.8. The maximum atomic E-state index is 12.3. The van der Waals surface area contributed by atoms with Crippen molar-refractivity contribution in [2.75, 3.05) is 7.05 Å². The van der Waals surface area contributed by atoms with Gasteiger partial charge in [-0.15, -0.1) is 0 Å². The minimum Gasteiger partial charge on any atom is -0.289 e. The van der Waals surface area contributed by atoms with Gasteiger partial charge in [-0.05, 0) is 41.6 Å². The highest BCUT2D eigenvalue weighted by Crippen LogP contribution is 2.33. The van der Waals surface area contributed by atoms with Crippen molar-refractivity contribution in [2.24, 2.45) is 4.99 Å². The number of hydrogen-bond donors (Lipinski definition) is 0. The van der Waals surface area contributed by atoms with Crippen LogP contribution in [0.3, 0.4) is 0 Å². The molecule has 0 bridgehead atoms. The number of carbonyl (C=O) groups excluding carboxylic acids is 1. The molecule has 1 aromatic carbocycles. The zero-order valence-corrected chi connectivity index (χ0v) is 13.3. The fraction of sp³-hybridized carbons (Fsp3) is 0.0625. The molecule has 6 heteroatoms. The van der Waals surface area contributed by atoms with Gasteiger partial charge in [0.25, 0.3) is 5.91 Å². The van der Waals surface area contributed by atoms with Crippen LogP contribution in [0.15, 0.2) is 58.6 Å². The number of aliphatic imine (C=N–C) groups is 1. The number of likely N-dealkylation sites (N-methyl/N-ethyl adjacent to an activating group) is 1. The van der Waals surface area contributed by atoms with Gasteiger partial charge in [-0.1, -0.05) is 35.9 Å². The third kappa shape index (κ3) is 3.05. The molecule has 0 spiro atoms. The number of hydrogen-bond acceptors (Lipinski definition) is 4. The number of thioether (sulfide) groups is 1. The zero-order chi connectivity index (χ0) is 15.5. The number of amides is 1. The summed E-state index contributed by atoms with van der Waals surface area (Å²) in [5.41, 5.74) is 0.813. The van der Waals surface area contributed by atoms with Crippen molar-refractivity contribution in [3.8, 4) is 0 Å². The van der Waals surface area contributed by atoms with Crippen LogP contribution >= 0.6 is 23.4 Å². The van der Waals surface area contributed by atoms with Crippen LogP contribution in [0.5, 0.6) is 0 Å². The summed E-state index contributed by atoms with van der Waals surface area (Å²) < 4.78 is 0. The minimum atomic E-state index is -0.0976. The zero-order valence-electron chi connectivity index (χ0n) is 11.7. The van der Waals surface area contributed by atoms with Crippen LogP contribution in [0.25, 0.3) is 6.08 Å². The molecule has 0 radical (unpaired) electrons. The molecule has 2 aromatic rings. The van der Waals surface area contributed by atoms with Gasteiger partial charge >= 0.3 is 0 Å². The van der Waals surface area contributed by atoms with Crippen LogP contribution < -0.4 is 0 Å². The van der Waals surface area contributed by atoms with Crippen molar-refractivity contribution in [3.05, 3.63) is 64.2 Å². The molecule has 1 aliphatic heterocycles. The van der Waals surface area contributed by atoms with Crippen molar-refractivity contribution in [2.45, 2.75) is 0 Å². The first-order chi connectivity index (χ1) is 10.6. The molecule has 22 heavy (non-hydrogen) atoms. The first-order valence-electron chi connectivity index (χ1n) is 6.57. The summed E-state index contributed by atoms with van der Waals surface area (Å²) in [5.74, 6) is 0.475. The Morgan fingerprint density at radius 1 is 1.23 bits per heavy atom. The van der Waals surface area contributed by atoms with E-state index in [4.69, 9.17) is 11.6 Å². The van der Waals surface area contributed by atoms with Gasteiger partial charge in [-0.25, -0.2) is 9.98 Å². The van der Waals surface area contributed by atoms with E-state index in [1.165, 1.54) is 16.7 Å². The Hall–Kier alpha value is -2.11. The standard InChI is InChI=1S/C16H12ClN3OS/c1-20-15(21)13(10-11-6-2-3-7-12(11)17)22-16(20)19-14-8-4-5-9-18-14/h2-10H,1H3/b13-10-,19-16+. The molecule has 1 amide bonds. The van der Waals surface area contributed by atoms with Crippen molar-refractivity contribution >= 4 is 46.3 Å². The number of nitrogens with zero attached hydrogens (tertiary/aromatic N) is 3. The number of halogens is 1. The van der Waals surface area contributed by atoms with Gasteiger partial charge in [-0.3, -0.25) is 9.69 Å². The van der Waals surface area contributed by atoms with Crippen LogP contribution in [0.4, 0.5) is 5.82 Å². The molecule has 0 unspecified atom stereocenters. The van der Waals surface area contributed by atoms with Crippen molar-refractivity contribution in [3.63, 3.8) is 0 Å². The summed E-state index contributed by atoms with van der Waals surface area (Å²) in [7, 11) is 1.70. The Kier molecular flexibility index (Phi) is 4.27. The summed E-state index contributed by atoms with van der Waals surface area (Å²) >= 11 is 7.45. The Balaban J connectivity index is 1.92. The number of rotatable bonds is 2. The Morgan fingerprint density at radius 2 is 2.00 bits per heavy atom. The second kappa shape index (κ2) is 6.34. The van der Waals surface area contributed by atoms with E-state index in [0.717, 1.165) is 5.56 Å². The molecule has 0 saturated carbocycles. The average molecular weight is 330 g/mol. The highest BCUT2D eigenvalue weighted by molar-refractivity contribution is 8.18. The number of amidine groups is 1. The summed E-state index contributed by atoms with van der Waals surface area (Å²) in [6.07, 6.45) is 3.45. The number of benzene rings is 1. The molecular formula is C16H12ClN3OS. The largest absolute Gasteiger partial charge is 0.289 e. The first-order valence-corrected chi connectivity index (χ1v) is 7.76. The fourth-order valence-electron chi connectivity index (χ4n) is 1.90. The van der Waals surface area contributed by atoms with Crippen molar-refractivity contribution < 1.29 is 4.79 Å². The summed E-state index contributed by atoms with van der Waals surface area (Å²) in [4.78, 5) is 23.0. The molecule has 1 fully saturated rings. The molecule has 2 heterocycles. The lowest BCUT2D eigenvalue weighted by Crippen LogP contribution is -2.23. The Morgan fingerprint density at radius 3 is 2.73 bits per heavy atom. The van der Waals surface area contributed by atoms with Crippen LogP contribution in [0, 0.1) is 0 Å². The van der Waals surface area contributed by atoms with Gasteiger partial charge in [0.1, 0.15) is 0 Å². The van der Waals surface area contributed by atoms with Crippen LogP contribution in [0.1, 0.15) is 5.56 Å². The van der Waals surface area contributed by atoms with Gasteiger partial charge in [-0.2, -0.15) is 0 Å². The minimum absolute atomic E-state index is 0.0976. The maximum Gasteiger partial charge on any atom is 0.266 e. The van der Waals surface area contributed by atoms with E-state index >= 15 is 0 Å². The molecule has 1 aliphatic rings. The predicted molar refractivity (Wildman–Crippen MR) is 91.1 cm³/mol. The summed E-state index contributed by atoms with van der Waals surface area (Å²) in [6, 6.07) is 12.9. The highest BCUT2D eigenvalue weighted by Gasteiger charge is 2.30. The monoisotopic (exact) mass is 329 g/mol. The number of pyridine rings is 1. The molecule has 0 atom stereocenters. The Labute approximate surface area is 137 Å². The van der Waals surface area contributed by atoms with Gasteiger partial charge in [0, 0.05) is 18.3 Å². The van der Waals surface area contributed by atoms with E-state index in [9.17, 15) is 4.79 Å². The highest BCUT2D eigenvalue weighted by atomic mass is 35.5. The van der Waals surface area contributed by atoms with E-state index < -0.39 is 0 Å². The molecule has 0 aliphatic carbocycles. The van der Waals surface area contributed by atoms with Crippen LogP contribution in [0.2, 0.25) is 5.02 Å². The fourth-order valence-corrected chi connectivity index (χ4v) is 3.06. The second-order valence-corrected chi connectivity index (χ2v) is 5.99. The third-order valence-corrected chi connectivity index (χ3v) is 4.46. The van der Waals surface area contributed by atoms with Gasteiger partial charge in [0.15, 0.2) is 11.0 Å². The number of aromatic nitrogens is 1. The lowest BCUT2D eigenvalue weighted by atomic mass is 10.2. The quantitative estimate of drug-likeness (QED) is 0.783. The summed E-state index contributed by atoms with van der Waals surface area (Å²) in [6.45, 7) is 0. The maximum absolute atomic E-state index is 12.3. The molecule has 1 saturated heterocycles. The van der Waals surface area contributed by atoms with E-state index in [-0.39, 0.29) is 5.91 Å².